The van der Waals surface area contributed by atoms with E-state index in [1.165, 1.54) is 0 Å². The Morgan fingerprint density at radius 3 is 2.33 bits per heavy atom. The van der Waals surface area contributed by atoms with Crippen molar-refractivity contribution < 1.29 is 14.6 Å². The monoisotopic (exact) mass is 211 g/mol. The SMILES string of the molecule is COc1ccc(C(O)N(C)C)c(OC)c1. The average molecular weight is 211 g/mol. The second kappa shape index (κ2) is 5.00. The molecule has 0 saturated carbocycles. The van der Waals surface area contributed by atoms with Crippen LogP contribution in [0.25, 0.3) is 0 Å². The van der Waals surface area contributed by atoms with Crippen molar-refractivity contribution in [3.05, 3.63) is 23.8 Å². The minimum absolute atomic E-state index is 0.621. The predicted octanol–water partition coefficient (Wildman–Crippen LogP) is 1.26. The van der Waals surface area contributed by atoms with Crippen molar-refractivity contribution in [2.75, 3.05) is 28.3 Å². The molecule has 1 N–H and O–H groups in total. The fraction of sp³-hybridized carbons (Fsp3) is 0.455. The second-order valence-electron chi connectivity index (χ2n) is 3.45. The Labute approximate surface area is 90.0 Å². The molecular weight excluding hydrogens is 194 g/mol. The summed E-state index contributed by atoms with van der Waals surface area (Å²) in [6, 6.07) is 5.34. The van der Waals surface area contributed by atoms with Crippen molar-refractivity contribution in [2.45, 2.75) is 6.23 Å². The van der Waals surface area contributed by atoms with Crippen molar-refractivity contribution in [2.24, 2.45) is 0 Å². The van der Waals surface area contributed by atoms with Crippen LogP contribution in [0.1, 0.15) is 11.8 Å². The first-order chi connectivity index (χ1) is 7.10. The van der Waals surface area contributed by atoms with Crippen molar-refractivity contribution in [1.29, 1.82) is 0 Å². The number of aliphatic hydroxyl groups is 1. The molecule has 84 valence electrons. The first-order valence-corrected chi connectivity index (χ1v) is 4.66. The molecule has 0 radical (unpaired) electrons. The zero-order valence-corrected chi connectivity index (χ0v) is 9.52. The number of benzene rings is 1. The highest BCUT2D eigenvalue weighted by molar-refractivity contribution is 5.41. The van der Waals surface area contributed by atoms with Gasteiger partial charge in [0.25, 0.3) is 0 Å². The Kier molecular flexibility index (Phi) is 3.94. The van der Waals surface area contributed by atoms with Crippen LogP contribution in [0.5, 0.6) is 11.5 Å². The van der Waals surface area contributed by atoms with Gasteiger partial charge in [0.05, 0.1) is 14.2 Å². The number of nitrogens with zero attached hydrogens (tertiary/aromatic N) is 1. The van der Waals surface area contributed by atoms with Crippen LogP contribution in [0.15, 0.2) is 18.2 Å². The summed E-state index contributed by atoms with van der Waals surface area (Å²) in [5.74, 6) is 1.33. The molecule has 1 atom stereocenters. The van der Waals surface area contributed by atoms with Gasteiger partial charge in [0, 0.05) is 11.6 Å². The summed E-state index contributed by atoms with van der Waals surface area (Å²) >= 11 is 0. The lowest BCUT2D eigenvalue weighted by atomic mass is 10.1. The highest BCUT2D eigenvalue weighted by atomic mass is 16.5. The van der Waals surface area contributed by atoms with Crippen LogP contribution in [0.4, 0.5) is 0 Å². The zero-order chi connectivity index (χ0) is 11.4. The fourth-order valence-corrected chi connectivity index (χ4v) is 1.31. The van der Waals surface area contributed by atoms with E-state index in [1.54, 1.807) is 51.4 Å². The molecule has 0 bridgehead atoms. The standard InChI is InChI=1S/C11H17NO3/c1-12(2)11(13)9-6-5-8(14-3)7-10(9)15-4/h5-7,11,13H,1-4H3. The van der Waals surface area contributed by atoms with Crippen LogP contribution in [0, 0.1) is 0 Å². The molecule has 1 aromatic rings. The molecule has 0 spiro atoms. The smallest absolute Gasteiger partial charge is 0.136 e. The number of hydrogen-bond acceptors (Lipinski definition) is 4. The van der Waals surface area contributed by atoms with Gasteiger partial charge in [-0.1, -0.05) is 0 Å². The molecule has 0 aliphatic rings. The van der Waals surface area contributed by atoms with E-state index in [2.05, 4.69) is 0 Å². The first kappa shape index (κ1) is 11.8. The molecule has 0 amide bonds. The molecule has 0 saturated heterocycles. The summed E-state index contributed by atoms with van der Waals surface area (Å²) in [5.41, 5.74) is 0.725. The largest absolute Gasteiger partial charge is 0.497 e. The maximum absolute atomic E-state index is 9.88. The lowest BCUT2D eigenvalue weighted by Crippen LogP contribution is -2.19. The number of methoxy groups -OCH3 is 2. The molecule has 0 fully saturated rings. The maximum atomic E-state index is 9.88. The Morgan fingerprint density at radius 2 is 1.87 bits per heavy atom. The van der Waals surface area contributed by atoms with Crippen LogP contribution < -0.4 is 9.47 Å². The zero-order valence-electron chi connectivity index (χ0n) is 9.52. The summed E-state index contributed by atoms with van der Waals surface area (Å²) in [4.78, 5) is 1.70. The van der Waals surface area contributed by atoms with Gasteiger partial charge in [-0.3, -0.25) is 4.90 Å². The van der Waals surface area contributed by atoms with Gasteiger partial charge in [0.15, 0.2) is 0 Å². The molecule has 4 heteroatoms. The van der Waals surface area contributed by atoms with Crippen LogP contribution in [-0.2, 0) is 0 Å². The van der Waals surface area contributed by atoms with Crippen molar-refractivity contribution >= 4 is 0 Å². The van der Waals surface area contributed by atoms with E-state index in [4.69, 9.17) is 9.47 Å². The van der Waals surface area contributed by atoms with Gasteiger partial charge in [-0.15, -0.1) is 0 Å². The number of ether oxygens (including phenoxy) is 2. The molecule has 4 nitrogen and oxygen atoms in total. The summed E-state index contributed by atoms with van der Waals surface area (Å²) in [6.45, 7) is 0. The van der Waals surface area contributed by atoms with Crippen LogP contribution >= 0.6 is 0 Å². The minimum atomic E-state index is -0.675. The fourth-order valence-electron chi connectivity index (χ4n) is 1.31. The highest BCUT2D eigenvalue weighted by Gasteiger charge is 2.15. The van der Waals surface area contributed by atoms with Crippen LogP contribution in [-0.4, -0.2) is 38.3 Å². The van der Waals surface area contributed by atoms with Gasteiger partial charge in [0.2, 0.25) is 0 Å². The lowest BCUT2D eigenvalue weighted by molar-refractivity contribution is 0.0374. The third-order valence-electron chi connectivity index (χ3n) is 2.21. The molecule has 0 aliphatic heterocycles. The highest BCUT2D eigenvalue weighted by Crippen LogP contribution is 2.29. The first-order valence-electron chi connectivity index (χ1n) is 4.66. The van der Waals surface area contributed by atoms with Gasteiger partial charge >= 0.3 is 0 Å². The van der Waals surface area contributed by atoms with Crippen LogP contribution in [0.2, 0.25) is 0 Å². The lowest BCUT2D eigenvalue weighted by Gasteiger charge is -2.21. The molecule has 0 heterocycles. The summed E-state index contributed by atoms with van der Waals surface area (Å²) in [6.07, 6.45) is -0.675. The van der Waals surface area contributed by atoms with E-state index in [-0.39, 0.29) is 0 Å². The number of aliphatic hydroxyl groups excluding tert-OH is 1. The molecule has 0 aliphatic carbocycles. The van der Waals surface area contributed by atoms with Gasteiger partial charge in [-0.05, 0) is 26.2 Å². The summed E-state index contributed by atoms with van der Waals surface area (Å²) in [7, 11) is 6.76. The average Bonchev–Trinajstić information content (AvgIpc) is 2.27. The summed E-state index contributed by atoms with van der Waals surface area (Å²) < 4.78 is 10.3. The third kappa shape index (κ3) is 2.61. The van der Waals surface area contributed by atoms with Crippen LogP contribution in [0.3, 0.4) is 0 Å². The van der Waals surface area contributed by atoms with Gasteiger partial charge < -0.3 is 14.6 Å². The Bertz CT molecular complexity index is 326. The van der Waals surface area contributed by atoms with E-state index in [9.17, 15) is 5.11 Å². The molecule has 0 aromatic heterocycles. The minimum Gasteiger partial charge on any atom is -0.497 e. The molecule has 15 heavy (non-hydrogen) atoms. The van der Waals surface area contributed by atoms with Crippen molar-refractivity contribution in [3.63, 3.8) is 0 Å². The maximum Gasteiger partial charge on any atom is 0.136 e. The topological polar surface area (TPSA) is 41.9 Å². The normalized spacial score (nSPS) is 12.7. The predicted molar refractivity (Wildman–Crippen MR) is 58.2 cm³/mol. The van der Waals surface area contributed by atoms with Crippen molar-refractivity contribution in [1.82, 2.24) is 4.90 Å². The third-order valence-corrected chi connectivity index (χ3v) is 2.21. The molecule has 1 aromatic carbocycles. The Morgan fingerprint density at radius 1 is 1.20 bits per heavy atom. The van der Waals surface area contributed by atoms with Gasteiger partial charge in [-0.2, -0.15) is 0 Å². The van der Waals surface area contributed by atoms with E-state index < -0.39 is 6.23 Å². The van der Waals surface area contributed by atoms with E-state index in [0.717, 1.165) is 5.56 Å². The van der Waals surface area contributed by atoms with E-state index in [1.807, 2.05) is 0 Å². The molecule has 1 unspecified atom stereocenters. The van der Waals surface area contributed by atoms with Crippen molar-refractivity contribution in [3.8, 4) is 11.5 Å². The quantitative estimate of drug-likeness (QED) is 0.761. The molecule has 1 rings (SSSR count). The Balaban J connectivity index is 3.07. The van der Waals surface area contributed by atoms with Gasteiger partial charge in [-0.25, -0.2) is 0 Å². The van der Waals surface area contributed by atoms with E-state index in [0.29, 0.717) is 11.5 Å². The van der Waals surface area contributed by atoms with E-state index >= 15 is 0 Å². The Hall–Kier alpha value is -1.26. The number of rotatable bonds is 4. The second-order valence-corrected chi connectivity index (χ2v) is 3.45. The number of hydrogen-bond donors (Lipinski definition) is 1. The van der Waals surface area contributed by atoms with Gasteiger partial charge in [0.1, 0.15) is 17.7 Å². The molecular formula is C11H17NO3. The summed E-state index contributed by atoms with van der Waals surface area (Å²) in [5, 5.41) is 9.88.